The number of aromatic nitrogens is 1. The van der Waals surface area contributed by atoms with Crippen LogP contribution in [0.25, 0.3) is 0 Å². The van der Waals surface area contributed by atoms with E-state index in [1.54, 1.807) is 0 Å². The Morgan fingerprint density at radius 3 is 2.65 bits per heavy atom. The zero-order chi connectivity index (χ0) is 15.3. The molecule has 1 rings (SSSR count). The predicted octanol–water partition coefficient (Wildman–Crippen LogP) is 2.21. The number of ether oxygens (including phenoxy) is 1. The summed E-state index contributed by atoms with van der Waals surface area (Å²) in [6.07, 6.45) is -0.0276. The van der Waals surface area contributed by atoms with Gasteiger partial charge in [-0.25, -0.2) is 0 Å². The molecule has 0 saturated heterocycles. The molecule has 0 aliphatic heterocycles. The van der Waals surface area contributed by atoms with Gasteiger partial charge >= 0.3 is 5.69 Å². The molecule has 7 nitrogen and oxygen atoms in total. The SMILES string of the molecule is COc1ccc([N+](=O)[O-])c(NCC(O)CC(C)(C)C)n1. The molecule has 112 valence electrons. The Balaban J connectivity index is 2.77. The third kappa shape index (κ3) is 5.00. The lowest BCUT2D eigenvalue weighted by Crippen LogP contribution is -2.25. The molecule has 1 heterocycles. The summed E-state index contributed by atoms with van der Waals surface area (Å²) < 4.78 is 4.94. The highest BCUT2D eigenvalue weighted by atomic mass is 16.6. The smallest absolute Gasteiger partial charge is 0.311 e. The third-order valence-corrected chi connectivity index (χ3v) is 2.61. The topological polar surface area (TPSA) is 97.5 Å². The number of nitro groups is 1. The standard InChI is InChI=1S/C13H21N3O4/c1-13(2,3)7-9(17)8-14-12-10(16(18)19)5-6-11(15-12)20-4/h5-6,9,17H,7-8H2,1-4H3,(H,14,15). The second kappa shape index (κ2) is 6.51. The fourth-order valence-corrected chi connectivity index (χ4v) is 1.82. The Kier molecular flexibility index (Phi) is 5.26. The lowest BCUT2D eigenvalue weighted by atomic mass is 9.89. The number of rotatable bonds is 6. The molecule has 1 atom stereocenters. The van der Waals surface area contributed by atoms with Gasteiger partial charge in [0.15, 0.2) is 0 Å². The van der Waals surface area contributed by atoms with Crippen molar-refractivity contribution in [3.05, 3.63) is 22.2 Å². The molecule has 7 heteroatoms. The summed E-state index contributed by atoms with van der Waals surface area (Å²) in [7, 11) is 1.44. The van der Waals surface area contributed by atoms with Crippen LogP contribution in [0, 0.1) is 15.5 Å². The van der Waals surface area contributed by atoms with Gasteiger partial charge in [-0.2, -0.15) is 4.98 Å². The molecule has 0 aliphatic carbocycles. The molecule has 0 bridgehead atoms. The number of anilines is 1. The molecule has 1 aromatic heterocycles. The van der Waals surface area contributed by atoms with E-state index in [-0.39, 0.29) is 29.3 Å². The summed E-state index contributed by atoms with van der Waals surface area (Å²) in [4.78, 5) is 14.4. The normalized spacial score (nSPS) is 12.8. The van der Waals surface area contributed by atoms with E-state index >= 15 is 0 Å². The van der Waals surface area contributed by atoms with E-state index in [1.165, 1.54) is 19.2 Å². The average molecular weight is 283 g/mol. The minimum Gasteiger partial charge on any atom is -0.481 e. The Labute approximate surface area is 118 Å². The lowest BCUT2D eigenvalue weighted by molar-refractivity contribution is -0.384. The van der Waals surface area contributed by atoms with E-state index in [1.807, 2.05) is 20.8 Å². The average Bonchev–Trinajstić information content (AvgIpc) is 2.33. The van der Waals surface area contributed by atoms with E-state index in [9.17, 15) is 15.2 Å². The molecule has 0 spiro atoms. The van der Waals surface area contributed by atoms with Gasteiger partial charge in [-0.05, 0) is 11.8 Å². The highest BCUT2D eigenvalue weighted by molar-refractivity contribution is 5.57. The van der Waals surface area contributed by atoms with E-state index in [0.717, 1.165) is 0 Å². The molecule has 0 radical (unpaired) electrons. The van der Waals surface area contributed by atoms with Gasteiger partial charge in [0.2, 0.25) is 11.7 Å². The summed E-state index contributed by atoms with van der Waals surface area (Å²) in [6.45, 7) is 6.24. The van der Waals surface area contributed by atoms with Crippen LogP contribution in [0.5, 0.6) is 5.88 Å². The number of hydrogen-bond acceptors (Lipinski definition) is 6. The minimum absolute atomic E-state index is 0.0190. The van der Waals surface area contributed by atoms with Gasteiger partial charge in [0.1, 0.15) is 0 Å². The highest BCUT2D eigenvalue weighted by Crippen LogP contribution is 2.26. The van der Waals surface area contributed by atoms with Gasteiger partial charge in [-0.1, -0.05) is 20.8 Å². The van der Waals surface area contributed by atoms with E-state index < -0.39 is 11.0 Å². The number of methoxy groups -OCH3 is 1. The summed E-state index contributed by atoms with van der Waals surface area (Å²) in [5, 5.41) is 23.6. The van der Waals surface area contributed by atoms with Crippen LogP contribution in [-0.4, -0.2) is 34.8 Å². The maximum atomic E-state index is 10.9. The summed E-state index contributed by atoms with van der Waals surface area (Å²) in [5.41, 5.74) is -0.164. The molecule has 1 aromatic rings. The number of aliphatic hydroxyl groups excluding tert-OH is 1. The first-order valence-electron chi connectivity index (χ1n) is 6.34. The molecule has 0 amide bonds. The van der Waals surface area contributed by atoms with Crippen molar-refractivity contribution in [2.24, 2.45) is 5.41 Å². The van der Waals surface area contributed by atoms with Crippen molar-refractivity contribution < 1.29 is 14.8 Å². The molecule has 0 aromatic carbocycles. The minimum atomic E-state index is -0.609. The molecular formula is C13H21N3O4. The highest BCUT2D eigenvalue weighted by Gasteiger charge is 2.20. The first-order chi connectivity index (χ1) is 9.23. The first kappa shape index (κ1) is 16.2. The lowest BCUT2D eigenvalue weighted by Gasteiger charge is -2.22. The van der Waals surface area contributed by atoms with Crippen molar-refractivity contribution in [3.8, 4) is 5.88 Å². The van der Waals surface area contributed by atoms with Crippen LogP contribution >= 0.6 is 0 Å². The second-order valence-electron chi connectivity index (χ2n) is 5.78. The van der Waals surface area contributed by atoms with Gasteiger partial charge in [0.25, 0.3) is 0 Å². The molecule has 0 aliphatic rings. The Morgan fingerprint density at radius 2 is 2.15 bits per heavy atom. The van der Waals surface area contributed by atoms with Crippen LogP contribution in [0.2, 0.25) is 0 Å². The van der Waals surface area contributed by atoms with Crippen LogP contribution in [0.1, 0.15) is 27.2 Å². The zero-order valence-corrected chi connectivity index (χ0v) is 12.2. The van der Waals surface area contributed by atoms with Crippen LogP contribution in [0.15, 0.2) is 12.1 Å². The van der Waals surface area contributed by atoms with E-state index in [2.05, 4.69) is 10.3 Å². The molecular weight excluding hydrogens is 262 g/mol. The molecule has 0 saturated carbocycles. The van der Waals surface area contributed by atoms with Crippen molar-refractivity contribution in [2.75, 3.05) is 19.0 Å². The summed E-state index contributed by atoms with van der Waals surface area (Å²) >= 11 is 0. The largest absolute Gasteiger partial charge is 0.481 e. The van der Waals surface area contributed by atoms with Crippen molar-refractivity contribution >= 4 is 11.5 Å². The predicted molar refractivity (Wildman–Crippen MR) is 76.0 cm³/mol. The van der Waals surface area contributed by atoms with Gasteiger partial charge in [-0.3, -0.25) is 10.1 Å². The van der Waals surface area contributed by atoms with Gasteiger partial charge < -0.3 is 15.2 Å². The fourth-order valence-electron chi connectivity index (χ4n) is 1.82. The van der Waals surface area contributed by atoms with Crippen molar-refractivity contribution in [1.29, 1.82) is 0 Å². The Morgan fingerprint density at radius 1 is 1.50 bits per heavy atom. The maximum absolute atomic E-state index is 10.9. The number of hydrogen-bond donors (Lipinski definition) is 2. The maximum Gasteiger partial charge on any atom is 0.311 e. The van der Waals surface area contributed by atoms with Crippen molar-refractivity contribution in [3.63, 3.8) is 0 Å². The van der Waals surface area contributed by atoms with Crippen molar-refractivity contribution in [2.45, 2.75) is 33.3 Å². The number of nitrogens with one attached hydrogen (secondary N) is 1. The summed E-state index contributed by atoms with van der Waals surface area (Å²) in [5.74, 6) is 0.380. The summed E-state index contributed by atoms with van der Waals surface area (Å²) in [6, 6.07) is 2.75. The van der Waals surface area contributed by atoms with Crippen LogP contribution in [-0.2, 0) is 0 Å². The zero-order valence-electron chi connectivity index (χ0n) is 12.2. The first-order valence-corrected chi connectivity index (χ1v) is 6.34. The van der Waals surface area contributed by atoms with E-state index in [0.29, 0.717) is 6.42 Å². The quantitative estimate of drug-likeness (QED) is 0.613. The molecule has 1 unspecified atom stereocenters. The van der Waals surface area contributed by atoms with Gasteiger partial charge in [0.05, 0.1) is 18.1 Å². The third-order valence-electron chi connectivity index (χ3n) is 2.61. The van der Waals surface area contributed by atoms with Crippen LogP contribution in [0.3, 0.4) is 0 Å². The number of nitrogens with zero attached hydrogens (tertiary/aromatic N) is 2. The molecule has 0 fully saturated rings. The van der Waals surface area contributed by atoms with E-state index in [4.69, 9.17) is 4.74 Å². The fraction of sp³-hybridized carbons (Fsp3) is 0.615. The van der Waals surface area contributed by atoms with Crippen LogP contribution in [0.4, 0.5) is 11.5 Å². The number of aliphatic hydroxyl groups is 1. The number of pyridine rings is 1. The monoisotopic (exact) mass is 283 g/mol. The van der Waals surface area contributed by atoms with Crippen molar-refractivity contribution in [1.82, 2.24) is 4.98 Å². The second-order valence-corrected chi connectivity index (χ2v) is 5.78. The van der Waals surface area contributed by atoms with Gasteiger partial charge in [0, 0.05) is 18.7 Å². The Bertz CT molecular complexity index is 471. The van der Waals surface area contributed by atoms with Crippen LogP contribution < -0.4 is 10.1 Å². The Hall–Kier alpha value is -1.89. The molecule has 2 N–H and O–H groups in total. The molecule has 20 heavy (non-hydrogen) atoms. The van der Waals surface area contributed by atoms with Gasteiger partial charge in [-0.15, -0.1) is 0 Å².